The van der Waals surface area contributed by atoms with Crippen LogP contribution < -0.4 is 4.90 Å². The van der Waals surface area contributed by atoms with Crippen molar-refractivity contribution in [3.05, 3.63) is 64.2 Å². The van der Waals surface area contributed by atoms with Crippen LogP contribution in [0, 0.1) is 0 Å². The SMILES string of the molecule is O=C(O)c1ccc2c(c1)C(=O)N(c1ccc(C(=O)O)cc1C(=O)O)C2=O. The maximum absolute atomic E-state index is 12.6. The van der Waals surface area contributed by atoms with Crippen LogP contribution in [0.2, 0.25) is 0 Å². The molecule has 2 amide bonds. The number of benzene rings is 2. The van der Waals surface area contributed by atoms with Crippen LogP contribution in [0.15, 0.2) is 36.4 Å². The van der Waals surface area contributed by atoms with E-state index in [1.807, 2.05) is 0 Å². The molecule has 0 unspecified atom stereocenters. The highest BCUT2D eigenvalue weighted by Crippen LogP contribution is 2.32. The van der Waals surface area contributed by atoms with E-state index in [-0.39, 0.29) is 27.9 Å². The summed E-state index contributed by atoms with van der Waals surface area (Å²) in [6.07, 6.45) is 0. The maximum atomic E-state index is 12.6. The number of hydrogen-bond acceptors (Lipinski definition) is 5. The first-order valence-electron chi connectivity index (χ1n) is 7.09. The molecule has 2 aromatic rings. The molecule has 1 aliphatic rings. The normalized spacial score (nSPS) is 12.8. The first-order chi connectivity index (χ1) is 12.2. The van der Waals surface area contributed by atoms with Crippen LogP contribution in [0.1, 0.15) is 51.8 Å². The molecular formula is C17H9NO8. The molecule has 3 N–H and O–H groups in total. The van der Waals surface area contributed by atoms with Gasteiger partial charge in [-0.3, -0.25) is 9.59 Å². The zero-order chi connectivity index (χ0) is 19.2. The number of carboxylic acid groups (broad SMARTS) is 3. The van der Waals surface area contributed by atoms with Crippen LogP contribution in [-0.4, -0.2) is 45.0 Å². The summed E-state index contributed by atoms with van der Waals surface area (Å²) < 4.78 is 0. The molecule has 0 atom stereocenters. The summed E-state index contributed by atoms with van der Waals surface area (Å²) in [7, 11) is 0. The summed E-state index contributed by atoms with van der Waals surface area (Å²) in [6.45, 7) is 0. The van der Waals surface area contributed by atoms with Gasteiger partial charge in [0, 0.05) is 0 Å². The Hall–Kier alpha value is -4.01. The fourth-order valence-electron chi connectivity index (χ4n) is 2.63. The van der Waals surface area contributed by atoms with E-state index in [1.54, 1.807) is 0 Å². The molecule has 9 heteroatoms. The van der Waals surface area contributed by atoms with Crippen molar-refractivity contribution >= 4 is 35.4 Å². The summed E-state index contributed by atoms with van der Waals surface area (Å²) in [5.41, 5.74) is -1.61. The third-order valence-electron chi connectivity index (χ3n) is 3.85. The van der Waals surface area contributed by atoms with Crippen molar-refractivity contribution < 1.29 is 39.3 Å². The van der Waals surface area contributed by atoms with E-state index in [9.17, 15) is 29.1 Å². The van der Waals surface area contributed by atoms with Crippen molar-refractivity contribution in [2.45, 2.75) is 0 Å². The first-order valence-corrected chi connectivity index (χ1v) is 7.09. The van der Waals surface area contributed by atoms with Crippen molar-refractivity contribution in [2.75, 3.05) is 4.90 Å². The van der Waals surface area contributed by atoms with Crippen LogP contribution >= 0.6 is 0 Å². The third-order valence-corrected chi connectivity index (χ3v) is 3.85. The fourth-order valence-corrected chi connectivity index (χ4v) is 2.63. The number of carboxylic acids is 3. The second-order valence-corrected chi connectivity index (χ2v) is 5.35. The van der Waals surface area contributed by atoms with Gasteiger partial charge in [0.15, 0.2) is 0 Å². The number of imide groups is 1. The summed E-state index contributed by atoms with van der Waals surface area (Å²) in [5, 5.41) is 27.3. The average molecular weight is 355 g/mol. The summed E-state index contributed by atoms with van der Waals surface area (Å²) >= 11 is 0. The Kier molecular flexibility index (Phi) is 3.76. The van der Waals surface area contributed by atoms with Crippen LogP contribution in [-0.2, 0) is 0 Å². The lowest BCUT2D eigenvalue weighted by molar-refractivity contribution is 0.0682. The van der Waals surface area contributed by atoms with E-state index in [2.05, 4.69) is 0 Å². The van der Waals surface area contributed by atoms with Crippen molar-refractivity contribution in [1.82, 2.24) is 0 Å². The highest BCUT2D eigenvalue weighted by Gasteiger charge is 2.39. The second-order valence-electron chi connectivity index (χ2n) is 5.35. The van der Waals surface area contributed by atoms with Gasteiger partial charge in [0.1, 0.15) is 0 Å². The number of hydrogen-bond donors (Lipinski definition) is 3. The Morgan fingerprint density at radius 1 is 0.692 bits per heavy atom. The lowest BCUT2D eigenvalue weighted by Gasteiger charge is -2.16. The topological polar surface area (TPSA) is 149 Å². The molecule has 0 bridgehead atoms. The van der Waals surface area contributed by atoms with Gasteiger partial charge in [-0.05, 0) is 36.4 Å². The van der Waals surface area contributed by atoms with Gasteiger partial charge >= 0.3 is 17.9 Å². The number of fused-ring (bicyclic) bond motifs is 1. The Bertz CT molecular complexity index is 1020. The van der Waals surface area contributed by atoms with Gasteiger partial charge in [0.2, 0.25) is 0 Å². The largest absolute Gasteiger partial charge is 0.478 e. The summed E-state index contributed by atoms with van der Waals surface area (Å²) in [5.74, 6) is -5.90. The van der Waals surface area contributed by atoms with Crippen molar-refractivity contribution in [2.24, 2.45) is 0 Å². The van der Waals surface area contributed by atoms with Crippen LogP contribution in [0.4, 0.5) is 5.69 Å². The molecule has 1 heterocycles. The molecule has 130 valence electrons. The van der Waals surface area contributed by atoms with Gasteiger partial charge in [-0.15, -0.1) is 0 Å². The van der Waals surface area contributed by atoms with Crippen LogP contribution in [0.25, 0.3) is 0 Å². The molecule has 2 aromatic carbocycles. The number of anilines is 1. The number of carbonyl (C=O) groups excluding carboxylic acids is 2. The molecule has 0 saturated carbocycles. The predicted octanol–water partition coefficient (Wildman–Crippen LogP) is 1.58. The number of carbonyl (C=O) groups is 5. The van der Waals surface area contributed by atoms with E-state index in [4.69, 9.17) is 10.2 Å². The van der Waals surface area contributed by atoms with Crippen molar-refractivity contribution in [3.8, 4) is 0 Å². The Morgan fingerprint density at radius 3 is 1.81 bits per heavy atom. The highest BCUT2D eigenvalue weighted by molar-refractivity contribution is 6.35. The minimum Gasteiger partial charge on any atom is -0.478 e. The van der Waals surface area contributed by atoms with Gasteiger partial charge in [-0.1, -0.05) is 0 Å². The molecule has 0 spiro atoms. The van der Waals surface area contributed by atoms with Gasteiger partial charge < -0.3 is 15.3 Å². The Labute approximate surface area is 144 Å². The Morgan fingerprint density at radius 2 is 1.23 bits per heavy atom. The van der Waals surface area contributed by atoms with E-state index in [1.165, 1.54) is 6.07 Å². The van der Waals surface area contributed by atoms with Crippen molar-refractivity contribution in [3.63, 3.8) is 0 Å². The lowest BCUT2D eigenvalue weighted by Crippen LogP contribution is -2.31. The van der Waals surface area contributed by atoms with Crippen LogP contribution in [0.5, 0.6) is 0 Å². The van der Waals surface area contributed by atoms with Gasteiger partial charge in [0.05, 0.1) is 33.5 Å². The fraction of sp³-hybridized carbons (Fsp3) is 0. The van der Waals surface area contributed by atoms with Crippen molar-refractivity contribution in [1.29, 1.82) is 0 Å². The molecular weight excluding hydrogens is 346 g/mol. The molecule has 3 rings (SSSR count). The summed E-state index contributed by atoms with van der Waals surface area (Å²) in [4.78, 5) is 59.2. The molecule has 0 aromatic heterocycles. The molecule has 26 heavy (non-hydrogen) atoms. The number of nitrogens with zero attached hydrogens (tertiary/aromatic N) is 1. The van der Waals surface area contributed by atoms with E-state index < -0.39 is 35.3 Å². The summed E-state index contributed by atoms with van der Waals surface area (Å²) in [6, 6.07) is 6.31. The zero-order valence-electron chi connectivity index (χ0n) is 12.8. The minimum atomic E-state index is -1.52. The third kappa shape index (κ3) is 2.47. The Balaban J connectivity index is 2.15. The monoisotopic (exact) mass is 355 g/mol. The molecule has 1 aliphatic heterocycles. The number of amides is 2. The molecule has 0 saturated heterocycles. The molecule has 9 nitrogen and oxygen atoms in total. The lowest BCUT2D eigenvalue weighted by atomic mass is 10.1. The zero-order valence-corrected chi connectivity index (χ0v) is 12.8. The van der Waals surface area contributed by atoms with Gasteiger partial charge in [0.25, 0.3) is 11.8 Å². The van der Waals surface area contributed by atoms with E-state index >= 15 is 0 Å². The molecule has 0 radical (unpaired) electrons. The number of rotatable bonds is 4. The minimum absolute atomic E-state index is 0.0707. The van der Waals surface area contributed by atoms with Crippen LogP contribution in [0.3, 0.4) is 0 Å². The standard InChI is InChI=1S/C17H9NO8/c19-13-9-3-1-7(15(21)22)5-10(9)14(20)18(13)12-4-2-8(16(23)24)6-11(12)17(25)26/h1-6H,(H,21,22)(H,23,24)(H,25,26). The van der Waals surface area contributed by atoms with E-state index in [0.29, 0.717) is 4.90 Å². The second kappa shape index (κ2) is 5.81. The average Bonchev–Trinajstić information content (AvgIpc) is 2.84. The number of aromatic carboxylic acids is 3. The smallest absolute Gasteiger partial charge is 0.337 e. The van der Waals surface area contributed by atoms with Gasteiger partial charge in [-0.2, -0.15) is 0 Å². The first kappa shape index (κ1) is 16.8. The van der Waals surface area contributed by atoms with E-state index in [0.717, 1.165) is 30.3 Å². The molecule has 0 aliphatic carbocycles. The highest BCUT2D eigenvalue weighted by atomic mass is 16.4. The molecule has 0 fully saturated rings. The predicted molar refractivity (Wildman–Crippen MR) is 84.9 cm³/mol. The maximum Gasteiger partial charge on any atom is 0.337 e. The van der Waals surface area contributed by atoms with Gasteiger partial charge in [-0.25, -0.2) is 19.3 Å². The quantitative estimate of drug-likeness (QED) is 0.700.